The molecule has 0 N–H and O–H groups in total. The van der Waals surface area contributed by atoms with Gasteiger partial charge in [0.05, 0.1) is 13.7 Å². The van der Waals surface area contributed by atoms with Crippen LogP contribution in [0, 0.1) is 6.92 Å². The van der Waals surface area contributed by atoms with Crippen molar-refractivity contribution in [3.8, 4) is 5.75 Å². The summed E-state index contributed by atoms with van der Waals surface area (Å²) in [5.41, 5.74) is 1.11. The fourth-order valence-electron chi connectivity index (χ4n) is 1.17. The summed E-state index contributed by atoms with van der Waals surface area (Å²) in [6.45, 7) is 6.13. The first-order valence-corrected chi connectivity index (χ1v) is 4.36. The summed E-state index contributed by atoms with van der Waals surface area (Å²) >= 11 is 0. The maximum Gasteiger partial charge on any atom is 0.341 e. The monoisotopic (exact) mass is 193 g/mol. The van der Waals surface area contributed by atoms with Gasteiger partial charge in [0.25, 0.3) is 0 Å². The Morgan fingerprint density at radius 3 is 2.79 bits per heavy atom. The van der Waals surface area contributed by atoms with Crippen LogP contribution >= 0.6 is 0 Å². The number of carbonyl (C=O) groups is 1. The van der Waals surface area contributed by atoms with E-state index in [4.69, 9.17) is 4.74 Å². The van der Waals surface area contributed by atoms with E-state index in [1.807, 2.05) is 6.92 Å². The van der Waals surface area contributed by atoms with Crippen molar-refractivity contribution in [2.24, 2.45) is 0 Å². The Balaban J connectivity index is 3.13. The van der Waals surface area contributed by atoms with Gasteiger partial charge >= 0.3 is 5.97 Å². The molecule has 3 nitrogen and oxygen atoms in total. The minimum atomic E-state index is -0.404. The largest absolute Gasteiger partial charge is 0.493 e. The summed E-state index contributed by atoms with van der Waals surface area (Å²) < 4.78 is 9.96. The predicted molar refractivity (Wildman–Crippen MR) is 53.4 cm³/mol. The van der Waals surface area contributed by atoms with Crippen LogP contribution in [-0.4, -0.2) is 19.7 Å². The van der Waals surface area contributed by atoms with Gasteiger partial charge in [0.2, 0.25) is 0 Å². The Kier molecular flexibility index (Phi) is 3.51. The van der Waals surface area contributed by atoms with Crippen LogP contribution in [0.25, 0.3) is 0 Å². The molecule has 0 heterocycles. The summed E-state index contributed by atoms with van der Waals surface area (Å²) in [6, 6.07) is 5.19. The molecule has 0 spiro atoms. The van der Waals surface area contributed by atoms with Gasteiger partial charge in [0.15, 0.2) is 0 Å². The van der Waals surface area contributed by atoms with E-state index in [0.29, 0.717) is 23.5 Å². The third kappa shape index (κ3) is 2.05. The van der Waals surface area contributed by atoms with Crippen molar-refractivity contribution in [1.82, 2.24) is 0 Å². The molecule has 0 aliphatic carbocycles. The third-order valence-corrected chi connectivity index (χ3v) is 1.79. The first-order chi connectivity index (χ1) is 6.70. The van der Waals surface area contributed by atoms with Crippen molar-refractivity contribution in [2.45, 2.75) is 6.92 Å². The number of esters is 1. The second kappa shape index (κ2) is 4.65. The van der Waals surface area contributed by atoms with Crippen molar-refractivity contribution in [2.75, 3.05) is 13.7 Å². The van der Waals surface area contributed by atoms with Crippen molar-refractivity contribution in [3.05, 3.63) is 36.2 Å². The van der Waals surface area contributed by atoms with Crippen LogP contribution in [-0.2, 0) is 4.74 Å². The number of carbonyl (C=O) groups excluding carboxylic acids is 1. The SMILES string of the molecule is [CH2]c1cccc(C(=O)OC)c1OCC. The van der Waals surface area contributed by atoms with E-state index in [0.717, 1.165) is 0 Å². The molecule has 75 valence electrons. The quantitative estimate of drug-likeness (QED) is 0.689. The molecule has 0 atom stereocenters. The summed E-state index contributed by atoms with van der Waals surface area (Å²) in [4.78, 5) is 11.3. The molecule has 1 rings (SSSR count). The normalized spacial score (nSPS) is 9.64. The van der Waals surface area contributed by atoms with Crippen LogP contribution in [0.4, 0.5) is 0 Å². The van der Waals surface area contributed by atoms with Gasteiger partial charge in [0, 0.05) is 0 Å². The zero-order valence-corrected chi connectivity index (χ0v) is 8.37. The first-order valence-electron chi connectivity index (χ1n) is 4.36. The van der Waals surface area contributed by atoms with Gasteiger partial charge in [0.1, 0.15) is 11.3 Å². The first kappa shape index (κ1) is 10.6. The molecule has 0 saturated heterocycles. The van der Waals surface area contributed by atoms with Gasteiger partial charge in [-0.15, -0.1) is 0 Å². The molecule has 0 aromatic heterocycles. The molecule has 0 fully saturated rings. The van der Waals surface area contributed by atoms with E-state index in [2.05, 4.69) is 11.7 Å². The summed E-state index contributed by atoms with van der Waals surface area (Å²) in [5, 5.41) is 0. The molecule has 14 heavy (non-hydrogen) atoms. The Morgan fingerprint density at radius 2 is 2.21 bits per heavy atom. The Bertz CT molecular complexity index is 331. The lowest BCUT2D eigenvalue weighted by molar-refractivity contribution is 0.0596. The minimum Gasteiger partial charge on any atom is -0.493 e. The lowest BCUT2D eigenvalue weighted by Crippen LogP contribution is -2.06. The van der Waals surface area contributed by atoms with Crippen molar-refractivity contribution < 1.29 is 14.3 Å². The van der Waals surface area contributed by atoms with Crippen LogP contribution in [0.5, 0.6) is 5.75 Å². The average molecular weight is 193 g/mol. The highest BCUT2D eigenvalue weighted by molar-refractivity contribution is 5.93. The lowest BCUT2D eigenvalue weighted by Gasteiger charge is -2.10. The lowest BCUT2D eigenvalue weighted by atomic mass is 10.1. The van der Waals surface area contributed by atoms with Gasteiger partial charge in [-0.05, 0) is 25.5 Å². The van der Waals surface area contributed by atoms with Crippen LogP contribution in [0.1, 0.15) is 22.8 Å². The molecule has 0 bridgehead atoms. The second-order valence-electron chi connectivity index (χ2n) is 2.72. The van der Waals surface area contributed by atoms with Crippen LogP contribution < -0.4 is 4.74 Å². The topological polar surface area (TPSA) is 35.5 Å². The van der Waals surface area contributed by atoms with E-state index in [-0.39, 0.29) is 0 Å². The van der Waals surface area contributed by atoms with E-state index in [1.165, 1.54) is 7.11 Å². The molecule has 0 aliphatic rings. The van der Waals surface area contributed by atoms with Gasteiger partial charge in [-0.1, -0.05) is 12.1 Å². The van der Waals surface area contributed by atoms with Gasteiger partial charge < -0.3 is 9.47 Å². The van der Waals surface area contributed by atoms with E-state index in [1.54, 1.807) is 18.2 Å². The van der Waals surface area contributed by atoms with Gasteiger partial charge in [-0.3, -0.25) is 0 Å². The van der Waals surface area contributed by atoms with Crippen molar-refractivity contribution >= 4 is 5.97 Å². The number of hydrogen-bond acceptors (Lipinski definition) is 3. The highest BCUT2D eigenvalue weighted by Crippen LogP contribution is 2.23. The molecule has 1 aromatic carbocycles. The Labute approximate surface area is 83.6 Å². The van der Waals surface area contributed by atoms with Crippen LogP contribution in [0.15, 0.2) is 18.2 Å². The number of rotatable bonds is 3. The Morgan fingerprint density at radius 1 is 1.50 bits per heavy atom. The number of hydrogen-bond donors (Lipinski definition) is 0. The van der Waals surface area contributed by atoms with E-state index >= 15 is 0 Å². The molecular weight excluding hydrogens is 180 g/mol. The predicted octanol–water partition coefficient (Wildman–Crippen LogP) is 2.05. The average Bonchev–Trinajstić information content (AvgIpc) is 2.20. The van der Waals surface area contributed by atoms with Crippen LogP contribution in [0.3, 0.4) is 0 Å². The standard InChI is InChI=1S/C11H13O3/c1-4-14-10-8(2)6-5-7-9(10)11(12)13-3/h5-7H,2,4H2,1,3H3. The molecular formula is C11H13O3. The minimum absolute atomic E-state index is 0.404. The highest BCUT2D eigenvalue weighted by atomic mass is 16.5. The molecule has 0 unspecified atom stereocenters. The number of methoxy groups -OCH3 is 1. The molecule has 1 radical (unpaired) electrons. The van der Waals surface area contributed by atoms with E-state index < -0.39 is 5.97 Å². The maximum atomic E-state index is 11.3. The van der Waals surface area contributed by atoms with Gasteiger partial charge in [-0.25, -0.2) is 4.79 Å². The Hall–Kier alpha value is -1.51. The van der Waals surface area contributed by atoms with Gasteiger partial charge in [-0.2, -0.15) is 0 Å². The smallest absolute Gasteiger partial charge is 0.341 e. The summed E-state index contributed by atoms with van der Waals surface area (Å²) in [7, 11) is 1.34. The van der Waals surface area contributed by atoms with Crippen molar-refractivity contribution in [3.63, 3.8) is 0 Å². The van der Waals surface area contributed by atoms with E-state index in [9.17, 15) is 4.79 Å². The number of ether oxygens (including phenoxy) is 2. The number of para-hydroxylation sites is 1. The van der Waals surface area contributed by atoms with Crippen LogP contribution in [0.2, 0.25) is 0 Å². The molecule has 0 aliphatic heterocycles. The van der Waals surface area contributed by atoms with Crippen molar-refractivity contribution in [1.29, 1.82) is 0 Å². The fraction of sp³-hybridized carbons (Fsp3) is 0.273. The zero-order valence-electron chi connectivity index (χ0n) is 8.37. The second-order valence-corrected chi connectivity index (χ2v) is 2.72. The third-order valence-electron chi connectivity index (χ3n) is 1.79. The summed E-state index contributed by atoms with van der Waals surface area (Å²) in [6.07, 6.45) is 0. The molecule has 0 saturated carbocycles. The zero-order chi connectivity index (χ0) is 10.6. The highest BCUT2D eigenvalue weighted by Gasteiger charge is 2.13. The fourth-order valence-corrected chi connectivity index (χ4v) is 1.17. The number of benzene rings is 1. The maximum absolute atomic E-state index is 11.3. The molecule has 1 aromatic rings. The molecule has 0 amide bonds. The summed E-state index contributed by atoms with van der Waals surface area (Å²) in [5.74, 6) is 0.0980. The molecule has 3 heteroatoms.